The largest absolute Gasteiger partial charge is 0.491 e. The highest BCUT2D eigenvalue weighted by molar-refractivity contribution is 5.93. The Morgan fingerprint density at radius 1 is 0.972 bits per heavy atom. The van der Waals surface area contributed by atoms with Crippen molar-refractivity contribution in [3.8, 4) is 17.4 Å². The van der Waals surface area contributed by atoms with Crippen molar-refractivity contribution in [1.29, 1.82) is 0 Å². The van der Waals surface area contributed by atoms with E-state index in [1.54, 1.807) is 12.1 Å². The lowest BCUT2D eigenvalue weighted by atomic mass is 10.2. The number of nitrogens with one attached hydrogen (secondary N) is 1. The molecule has 3 N–H and O–H groups in total. The number of benzene rings is 2. The zero-order valence-corrected chi connectivity index (χ0v) is 19.9. The maximum atomic E-state index is 12.6. The average molecular weight is 494 g/mol. The van der Waals surface area contributed by atoms with E-state index < -0.39 is 24.5 Å². The first-order valence-electron chi connectivity index (χ1n) is 11.1. The zero-order chi connectivity index (χ0) is 25.9. The molecule has 3 rings (SSSR count). The fourth-order valence-corrected chi connectivity index (χ4v) is 2.91. The molecule has 10 heteroatoms. The maximum absolute atomic E-state index is 12.6. The average Bonchev–Trinajstić information content (AvgIpc) is 2.87. The number of hydrogen-bond acceptors (Lipinski definition) is 9. The highest BCUT2D eigenvalue weighted by Gasteiger charge is 2.18. The summed E-state index contributed by atoms with van der Waals surface area (Å²) in [6.45, 7) is 3.62. The van der Waals surface area contributed by atoms with E-state index in [4.69, 9.17) is 24.7 Å². The van der Waals surface area contributed by atoms with E-state index in [9.17, 15) is 14.4 Å². The third kappa shape index (κ3) is 8.10. The van der Waals surface area contributed by atoms with Crippen LogP contribution in [0.5, 0.6) is 17.4 Å². The molecule has 0 unspecified atom stereocenters. The first-order valence-corrected chi connectivity index (χ1v) is 11.1. The predicted octanol–water partition coefficient (Wildman–Crippen LogP) is 3.38. The normalized spacial score (nSPS) is 10.4. The lowest BCUT2D eigenvalue weighted by molar-refractivity contribution is -0.118. The molecule has 0 atom stereocenters. The second-order valence-corrected chi connectivity index (χ2v) is 7.83. The van der Waals surface area contributed by atoms with E-state index in [0.29, 0.717) is 5.75 Å². The first kappa shape index (κ1) is 26.2. The van der Waals surface area contributed by atoms with Crippen LogP contribution in [0.1, 0.15) is 35.3 Å². The van der Waals surface area contributed by atoms with Crippen LogP contribution in [0, 0.1) is 0 Å². The van der Waals surface area contributed by atoms with Crippen LogP contribution in [-0.2, 0) is 22.7 Å². The van der Waals surface area contributed by atoms with Crippen molar-refractivity contribution in [2.24, 2.45) is 5.73 Å². The summed E-state index contributed by atoms with van der Waals surface area (Å²) in [5, 5.41) is 1.95. The summed E-state index contributed by atoms with van der Waals surface area (Å²) >= 11 is 0. The van der Waals surface area contributed by atoms with Gasteiger partial charge in [0.2, 0.25) is 5.91 Å². The third-order valence-corrected chi connectivity index (χ3v) is 4.57. The first-order chi connectivity index (χ1) is 17.3. The summed E-state index contributed by atoms with van der Waals surface area (Å²) < 4.78 is 21.9. The van der Waals surface area contributed by atoms with Gasteiger partial charge in [-0.1, -0.05) is 42.5 Å². The van der Waals surface area contributed by atoms with Crippen LogP contribution in [0.3, 0.4) is 0 Å². The molecule has 0 fully saturated rings. The Bertz CT molecular complexity index is 1180. The van der Waals surface area contributed by atoms with Crippen LogP contribution >= 0.6 is 0 Å². The summed E-state index contributed by atoms with van der Waals surface area (Å²) in [6.07, 6.45) is 0.142. The number of aromatic nitrogens is 1. The van der Waals surface area contributed by atoms with Gasteiger partial charge in [-0.15, -0.1) is 0 Å². The lowest BCUT2D eigenvalue weighted by Crippen LogP contribution is -2.37. The molecule has 0 radical (unpaired) electrons. The van der Waals surface area contributed by atoms with E-state index >= 15 is 0 Å². The van der Waals surface area contributed by atoms with Gasteiger partial charge < -0.3 is 24.7 Å². The maximum Gasteiger partial charge on any atom is 0.420 e. The SMILES string of the molecule is CC(C)Oc1ccc(COc2cc(C(=O)OCc3ccccc3)cnc2OC(=O)NC(=O)CN)cc1. The number of amides is 2. The van der Waals surface area contributed by atoms with Gasteiger partial charge in [0.1, 0.15) is 19.0 Å². The van der Waals surface area contributed by atoms with Crippen LogP contribution in [0.25, 0.3) is 0 Å². The van der Waals surface area contributed by atoms with Gasteiger partial charge in [0.05, 0.1) is 18.2 Å². The van der Waals surface area contributed by atoms with Crippen molar-refractivity contribution in [2.45, 2.75) is 33.2 Å². The molecule has 0 saturated carbocycles. The molecule has 3 aromatic rings. The molecule has 36 heavy (non-hydrogen) atoms. The molecule has 0 bridgehead atoms. The van der Waals surface area contributed by atoms with Gasteiger partial charge in [-0.3, -0.25) is 10.1 Å². The Morgan fingerprint density at radius 3 is 2.33 bits per heavy atom. The van der Waals surface area contributed by atoms with Crippen molar-refractivity contribution in [1.82, 2.24) is 10.3 Å². The van der Waals surface area contributed by atoms with Crippen molar-refractivity contribution >= 4 is 18.0 Å². The lowest BCUT2D eigenvalue weighted by Gasteiger charge is -2.13. The number of esters is 1. The van der Waals surface area contributed by atoms with E-state index in [1.807, 2.05) is 61.6 Å². The summed E-state index contributed by atoms with van der Waals surface area (Å²) in [5.74, 6) is -0.893. The number of imide groups is 1. The van der Waals surface area contributed by atoms with E-state index in [0.717, 1.165) is 11.1 Å². The Balaban J connectivity index is 1.74. The standard InChI is InChI=1S/C26H27N3O7/c1-17(2)35-21-10-8-19(9-11-21)15-33-22-12-20(25(31)34-16-18-6-4-3-5-7-18)14-28-24(22)36-26(32)29-23(30)13-27/h3-12,14,17H,13,15-16,27H2,1-2H3,(H,29,30,32). The number of hydrogen-bond donors (Lipinski definition) is 2. The number of carbonyl (C=O) groups excluding carboxylic acids is 3. The molecule has 188 valence electrons. The number of nitrogens with two attached hydrogens (primary N) is 1. The fraction of sp³-hybridized carbons (Fsp3) is 0.231. The topological polar surface area (TPSA) is 139 Å². The summed E-state index contributed by atoms with van der Waals surface area (Å²) in [4.78, 5) is 40.0. The molecule has 1 aromatic heterocycles. The van der Waals surface area contributed by atoms with Crippen LogP contribution in [-0.4, -0.2) is 35.6 Å². The second kappa shape index (κ2) is 12.9. The zero-order valence-electron chi connectivity index (χ0n) is 19.9. The van der Waals surface area contributed by atoms with Gasteiger partial charge in [0, 0.05) is 12.3 Å². The fourth-order valence-electron chi connectivity index (χ4n) is 2.91. The number of ether oxygens (including phenoxy) is 4. The molecule has 2 amide bonds. The predicted molar refractivity (Wildman–Crippen MR) is 130 cm³/mol. The second-order valence-electron chi connectivity index (χ2n) is 7.83. The van der Waals surface area contributed by atoms with Crippen molar-refractivity contribution in [3.05, 3.63) is 83.6 Å². The molecule has 0 aliphatic carbocycles. The van der Waals surface area contributed by atoms with E-state index in [1.165, 1.54) is 12.3 Å². The minimum atomic E-state index is -1.09. The summed E-state index contributed by atoms with van der Waals surface area (Å²) in [5.41, 5.74) is 6.90. The summed E-state index contributed by atoms with van der Waals surface area (Å²) in [6, 6.07) is 17.8. The van der Waals surface area contributed by atoms with Crippen LogP contribution in [0.15, 0.2) is 66.9 Å². The van der Waals surface area contributed by atoms with Gasteiger partial charge in [-0.25, -0.2) is 14.6 Å². The highest BCUT2D eigenvalue weighted by atomic mass is 16.6. The van der Waals surface area contributed by atoms with Gasteiger partial charge in [-0.2, -0.15) is 0 Å². The van der Waals surface area contributed by atoms with Crippen LogP contribution < -0.4 is 25.3 Å². The highest BCUT2D eigenvalue weighted by Crippen LogP contribution is 2.27. The van der Waals surface area contributed by atoms with Crippen molar-refractivity contribution in [2.75, 3.05) is 6.54 Å². The monoisotopic (exact) mass is 493 g/mol. The third-order valence-electron chi connectivity index (χ3n) is 4.57. The Labute approximate surface area is 208 Å². The van der Waals surface area contributed by atoms with Crippen LogP contribution in [0.4, 0.5) is 4.79 Å². The van der Waals surface area contributed by atoms with Crippen molar-refractivity contribution < 1.29 is 33.3 Å². The smallest absolute Gasteiger partial charge is 0.420 e. The number of nitrogens with zero attached hydrogens (tertiary/aromatic N) is 1. The van der Waals surface area contributed by atoms with E-state index in [2.05, 4.69) is 4.98 Å². The van der Waals surface area contributed by atoms with Gasteiger partial charge in [0.25, 0.3) is 5.88 Å². The molecule has 0 saturated heterocycles. The summed E-state index contributed by atoms with van der Waals surface area (Å²) in [7, 11) is 0. The molecule has 1 heterocycles. The quantitative estimate of drug-likeness (QED) is 0.407. The minimum absolute atomic E-state index is 0.00187. The number of pyridine rings is 1. The van der Waals surface area contributed by atoms with Crippen molar-refractivity contribution in [3.63, 3.8) is 0 Å². The molecular formula is C26H27N3O7. The van der Waals surface area contributed by atoms with E-state index in [-0.39, 0.29) is 36.5 Å². The van der Waals surface area contributed by atoms with Crippen LogP contribution in [0.2, 0.25) is 0 Å². The molecular weight excluding hydrogens is 466 g/mol. The number of carbonyl (C=O) groups is 3. The Hall–Kier alpha value is -4.44. The Kier molecular flexibility index (Phi) is 9.35. The van der Waals surface area contributed by atoms with Gasteiger partial charge in [0.15, 0.2) is 5.75 Å². The minimum Gasteiger partial charge on any atom is -0.491 e. The number of rotatable bonds is 10. The molecule has 0 aliphatic rings. The van der Waals surface area contributed by atoms with Gasteiger partial charge >= 0.3 is 12.1 Å². The Morgan fingerprint density at radius 2 is 1.67 bits per heavy atom. The molecule has 0 aliphatic heterocycles. The van der Waals surface area contributed by atoms with Gasteiger partial charge in [-0.05, 0) is 37.1 Å². The molecule has 0 spiro atoms. The molecule has 2 aromatic carbocycles. The molecule has 10 nitrogen and oxygen atoms in total.